The fraction of sp³-hybridized carbons (Fsp3) is 0.588. The van der Waals surface area contributed by atoms with Crippen molar-refractivity contribution < 1.29 is 27.4 Å². The summed E-state index contributed by atoms with van der Waals surface area (Å²) in [4.78, 5) is 19.3. The molecule has 0 aliphatic heterocycles. The maximum atomic E-state index is 12.2. The van der Waals surface area contributed by atoms with E-state index in [1.54, 1.807) is 33.9 Å². The van der Waals surface area contributed by atoms with Crippen LogP contribution in [0.4, 0.5) is 18.0 Å². The summed E-state index contributed by atoms with van der Waals surface area (Å²) in [6.45, 7) is 4.93. The van der Waals surface area contributed by atoms with E-state index in [2.05, 4.69) is 30.7 Å². The number of nitrogens with zero attached hydrogens (tertiary/aromatic N) is 2. The summed E-state index contributed by atoms with van der Waals surface area (Å²) in [6.07, 6.45) is -3.57. The fourth-order valence-corrected chi connectivity index (χ4v) is 1.86. The van der Waals surface area contributed by atoms with E-state index in [-0.39, 0.29) is 29.9 Å². The average molecular weight is 533 g/mol. The Morgan fingerprint density at radius 1 is 1.17 bits per heavy atom. The first-order valence-electron chi connectivity index (χ1n) is 8.54. The Morgan fingerprint density at radius 2 is 1.83 bits per heavy atom. The molecule has 1 heterocycles. The molecule has 0 aliphatic rings. The van der Waals surface area contributed by atoms with E-state index < -0.39 is 24.5 Å². The first-order valence-corrected chi connectivity index (χ1v) is 8.54. The predicted octanol–water partition coefficient (Wildman–Crippen LogP) is 2.83. The van der Waals surface area contributed by atoms with Crippen LogP contribution < -0.4 is 20.7 Å². The van der Waals surface area contributed by atoms with E-state index in [1.807, 2.05) is 0 Å². The molecule has 1 rings (SSSR count). The van der Waals surface area contributed by atoms with Crippen LogP contribution in [0.5, 0.6) is 5.88 Å². The van der Waals surface area contributed by atoms with Gasteiger partial charge in [0.05, 0.1) is 0 Å². The number of halogens is 4. The third kappa shape index (κ3) is 13.8. The van der Waals surface area contributed by atoms with Crippen molar-refractivity contribution in [2.24, 2.45) is 4.99 Å². The Kier molecular flexibility index (Phi) is 11.7. The van der Waals surface area contributed by atoms with Crippen LogP contribution in [-0.2, 0) is 11.3 Å². The van der Waals surface area contributed by atoms with Crippen LogP contribution in [0.2, 0.25) is 0 Å². The first-order chi connectivity index (χ1) is 13.0. The highest BCUT2D eigenvalue weighted by atomic mass is 127. The lowest BCUT2D eigenvalue weighted by atomic mass is 10.2. The van der Waals surface area contributed by atoms with Gasteiger partial charge in [-0.3, -0.25) is 4.99 Å². The molecular weight excluding hydrogens is 506 g/mol. The van der Waals surface area contributed by atoms with Crippen molar-refractivity contribution in [2.75, 3.05) is 26.7 Å². The van der Waals surface area contributed by atoms with Gasteiger partial charge in [0, 0.05) is 38.9 Å². The number of amides is 1. The third-order valence-corrected chi connectivity index (χ3v) is 2.95. The minimum atomic E-state index is -4.42. The Balaban J connectivity index is 0.00000784. The highest BCUT2D eigenvalue weighted by Gasteiger charge is 2.28. The molecule has 0 atom stereocenters. The number of guanidine groups is 1. The number of ether oxygens (including phenoxy) is 2. The van der Waals surface area contributed by atoms with Gasteiger partial charge in [-0.05, 0) is 32.4 Å². The highest BCUT2D eigenvalue weighted by Crippen LogP contribution is 2.17. The number of hydrogen-bond donors (Lipinski definition) is 3. The largest absolute Gasteiger partial charge is 0.468 e. The fourth-order valence-electron chi connectivity index (χ4n) is 1.86. The number of alkyl halides is 3. The minimum absolute atomic E-state index is 0. The standard InChI is InChI=1S/C17H26F3N5O3.HI/c1-16(2,3)28-15(26)24-8-7-23-14(21-4)25-10-12-5-6-22-13(9-12)27-11-17(18,19)20;/h5-6,9H,7-8,10-11H2,1-4H3,(H,24,26)(H2,21,23,25);1H. The molecule has 0 fully saturated rings. The molecule has 1 amide bonds. The molecule has 0 radical (unpaired) electrons. The zero-order valence-corrected chi connectivity index (χ0v) is 19.1. The molecule has 0 aromatic carbocycles. The van der Waals surface area contributed by atoms with Gasteiger partial charge in [-0.2, -0.15) is 13.2 Å². The van der Waals surface area contributed by atoms with Gasteiger partial charge < -0.3 is 25.4 Å². The van der Waals surface area contributed by atoms with Gasteiger partial charge in [-0.15, -0.1) is 24.0 Å². The average Bonchev–Trinajstić information content (AvgIpc) is 2.57. The zero-order chi connectivity index (χ0) is 21.2. The van der Waals surface area contributed by atoms with Gasteiger partial charge in [0.15, 0.2) is 12.6 Å². The summed E-state index contributed by atoms with van der Waals surface area (Å²) < 4.78 is 46.3. The molecule has 0 saturated carbocycles. The highest BCUT2D eigenvalue weighted by molar-refractivity contribution is 14.0. The lowest BCUT2D eigenvalue weighted by Gasteiger charge is -2.20. The van der Waals surface area contributed by atoms with Crippen molar-refractivity contribution in [3.05, 3.63) is 23.9 Å². The molecule has 0 saturated heterocycles. The van der Waals surface area contributed by atoms with Crippen molar-refractivity contribution in [3.63, 3.8) is 0 Å². The van der Waals surface area contributed by atoms with Crippen molar-refractivity contribution in [2.45, 2.75) is 39.1 Å². The van der Waals surface area contributed by atoms with Crippen LogP contribution in [0.15, 0.2) is 23.3 Å². The van der Waals surface area contributed by atoms with Crippen LogP contribution in [0, 0.1) is 0 Å². The smallest absolute Gasteiger partial charge is 0.422 e. The maximum absolute atomic E-state index is 12.2. The van der Waals surface area contributed by atoms with Crippen LogP contribution in [-0.4, -0.2) is 55.6 Å². The molecule has 1 aromatic heterocycles. The van der Waals surface area contributed by atoms with Gasteiger partial charge in [0.2, 0.25) is 5.88 Å². The number of alkyl carbamates (subject to hydrolysis) is 1. The number of aliphatic imine (C=N–C) groups is 1. The second-order valence-corrected chi connectivity index (χ2v) is 6.69. The first kappa shape index (κ1) is 27.0. The van der Waals surface area contributed by atoms with E-state index in [0.29, 0.717) is 31.2 Å². The van der Waals surface area contributed by atoms with Crippen molar-refractivity contribution in [1.29, 1.82) is 0 Å². The topological polar surface area (TPSA) is 96.9 Å². The molecule has 0 spiro atoms. The van der Waals surface area contributed by atoms with Gasteiger partial charge in [-0.25, -0.2) is 9.78 Å². The second kappa shape index (κ2) is 12.5. The molecule has 8 nitrogen and oxygen atoms in total. The number of hydrogen-bond acceptors (Lipinski definition) is 5. The number of pyridine rings is 1. The normalized spacial score (nSPS) is 11.9. The zero-order valence-electron chi connectivity index (χ0n) is 16.7. The van der Waals surface area contributed by atoms with Crippen molar-refractivity contribution >= 4 is 36.0 Å². The summed E-state index contributed by atoms with van der Waals surface area (Å²) in [5.74, 6) is 0.349. The Bertz CT molecular complexity index is 666. The predicted molar refractivity (Wildman–Crippen MR) is 114 cm³/mol. The Labute approximate surface area is 185 Å². The van der Waals surface area contributed by atoms with Crippen LogP contribution >= 0.6 is 24.0 Å². The Morgan fingerprint density at radius 3 is 2.41 bits per heavy atom. The van der Waals surface area contributed by atoms with E-state index >= 15 is 0 Å². The number of nitrogens with one attached hydrogen (secondary N) is 3. The van der Waals surface area contributed by atoms with E-state index in [9.17, 15) is 18.0 Å². The summed E-state index contributed by atoms with van der Waals surface area (Å²) >= 11 is 0. The van der Waals surface area contributed by atoms with Gasteiger partial charge in [-0.1, -0.05) is 0 Å². The van der Waals surface area contributed by atoms with E-state index in [4.69, 9.17) is 4.74 Å². The van der Waals surface area contributed by atoms with Gasteiger partial charge >= 0.3 is 12.3 Å². The number of carbonyl (C=O) groups is 1. The summed E-state index contributed by atoms with van der Waals surface area (Å²) in [7, 11) is 1.57. The molecule has 0 bridgehead atoms. The summed E-state index contributed by atoms with van der Waals surface area (Å²) in [5.41, 5.74) is 0.101. The maximum Gasteiger partial charge on any atom is 0.422 e. The molecule has 3 N–H and O–H groups in total. The molecule has 166 valence electrons. The van der Waals surface area contributed by atoms with Crippen LogP contribution in [0.3, 0.4) is 0 Å². The quantitative estimate of drug-likeness (QED) is 0.216. The van der Waals surface area contributed by atoms with Crippen molar-refractivity contribution in [1.82, 2.24) is 20.9 Å². The molecule has 29 heavy (non-hydrogen) atoms. The van der Waals surface area contributed by atoms with Gasteiger partial charge in [0.25, 0.3) is 0 Å². The van der Waals surface area contributed by atoms with Gasteiger partial charge in [0.1, 0.15) is 5.60 Å². The molecule has 1 aromatic rings. The third-order valence-electron chi connectivity index (χ3n) is 2.95. The van der Waals surface area contributed by atoms with Crippen molar-refractivity contribution in [3.8, 4) is 5.88 Å². The number of aromatic nitrogens is 1. The molecule has 0 aliphatic carbocycles. The van der Waals surface area contributed by atoms with Crippen LogP contribution in [0.1, 0.15) is 26.3 Å². The molecule has 0 unspecified atom stereocenters. The summed E-state index contributed by atoms with van der Waals surface area (Å²) in [6, 6.07) is 3.06. The monoisotopic (exact) mass is 533 g/mol. The SMILES string of the molecule is CN=C(NCCNC(=O)OC(C)(C)C)NCc1ccnc(OCC(F)(F)F)c1.I. The lowest BCUT2D eigenvalue weighted by molar-refractivity contribution is -0.154. The Hall–Kier alpha value is -1.99. The number of rotatable bonds is 7. The van der Waals surface area contributed by atoms with Crippen LogP contribution in [0.25, 0.3) is 0 Å². The molecular formula is C17H27F3IN5O3. The van der Waals surface area contributed by atoms with E-state index in [0.717, 1.165) is 0 Å². The summed E-state index contributed by atoms with van der Waals surface area (Å²) in [5, 5.41) is 8.59. The lowest BCUT2D eigenvalue weighted by Crippen LogP contribution is -2.42. The van der Waals surface area contributed by atoms with E-state index in [1.165, 1.54) is 12.3 Å². The molecule has 12 heteroatoms. The number of carbonyl (C=O) groups excluding carboxylic acids is 1. The minimum Gasteiger partial charge on any atom is -0.468 e. The second-order valence-electron chi connectivity index (χ2n) is 6.69.